The van der Waals surface area contributed by atoms with Crippen molar-refractivity contribution in [2.75, 3.05) is 13.2 Å². The van der Waals surface area contributed by atoms with E-state index in [2.05, 4.69) is 19.1 Å². The van der Waals surface area contributed by atoms with Crippen molar-refractivity contribution < 1.29 is 57.9 Å². The van der Waals surface area contributed by atoms with Crippen LogP contribution in [0, 0.1) is 0 Å². The van der Waals surface area contributed by atoms with E-state index in [0.717, 1.165) is 38.5 Å². The van der Waals surface area contributed by atoms with Crippen molar-refractivity contribution in [1.29, 1.82) is 0 Å². The second-order valence-corrected chi connectivity index (χ2v) is 11.2. The molecule has 0 amide bonds. The number of carbonyl (C=O) groups is 5. The molecule has 0 aliphatic carbocycles. The van der Waals surface area contributed by atoms with E-state index in [0.29, 0.717) is 6.42 Å². The molecule has 0 bridgehead atoms. The lowest BCUT2D eigenvalue weighted by molar-refractivity contribution is -0.183. The fraction of sp³-hybridized carbons (Fsp3) is 0.788. The normalized spacial score (nSPS) is 14.6. The largest absolute Gasteiger partial charge is 0.462 e. The summed E-state index contributed by atoms with van der Waals surface area (Å²) in [6.45, 7) is 6.03. The van der Waals surface area contributed by atoms with E-state index >= 15 is 0 Å². The van der Waals surface area contributed by atoms with Crippen molar-refractivity contribution in [2.24, 2.45) is 0 Å². The summed E-state index contributed by atoms with van der Waals surface area (Å²) in [4.78, 5) is 60.0. The van der Waals surface area contributed by atoms with Crippen LogP contribution in [0.1, 0.15) is 125 Å². The summed E-state index contributed by atoms with van der Waals surface area (Å²) < 4.78 is 25.1. The van der Waals surface area contributed by atoms with Gasteiger partial charge < -0.3 is 33.9 Å². The van der Waals surface area contributed by atoms with E-state index in [1.165, 1.54) is 66.2 Å². The summed E-state index contributed by atoms with van der Waals surface area (Å²) in [6, 6.07) is 0. The van der Waals surface area contributed by atoms with Crippen molar-refractivity contribution in [3.05, 3.63) is 12.2 Å². The average molecular weight is 645 g/mol. The van der Waals surface area contributed by atoms with Crippen molar-refractivity contribution in [3.8, 4) is 0 Å². The maximum atomic E-state index is 12.4. The van der Waals surface area contributed by atoms with Crippen molar-refractivity contribution in [3.63, 3.8) is 0 Å². The molecule has 5 unspecified atom stereocenters. The van der Waals surface area contributed by atoms with Crippen LogP contribution < -0.4 is 0 Å². The number of hydrogen-bond donors (Lipinski definition) is 2. The molecule has 0 heterocycles. The minimum Gasteiger partial charge on any atom is -0.462 e. The number of carbonyl (C=O) groups excluding carboxylic acids is 5. The fourth-order valence-corrected chi connectivity index (χ4v) is 3.91. The molecule has 0 fully saturated rings. The van der Waals surface area contributed by atoms with Crippen LogP contribution in [0.25, 0.3) is 0 Å². The van der Waals surface area contributed by atoms with Gasteiger partial charge in [-0.05, 0) is 59.8 Å². The Hall–Kier alpha value is -2.99. The maximum Gasteiger partial charge on any atom is 0.347 e. The second kappa shape index (κ2) is 26.2. The number of allylic oxidation sites excluding steroid dienone is 2. The molecule has 0 saturated carbocycles. The summed E-state index contributed by atoms with van der Waals surface area (Å²) in [5.74, 6) is -4.60. The zero-order chi connectivity index (χ0) is 34.0. The van der Waals surface area contributed by atoms with E-state index in [1.54, 1.807) is 0 Å². The Morgan fingerprint density at radius 1 is 0.556 bits per heavy atom. The van der Waals surface area contributed by atoms with Crippen LogP contribution in [-0.2, 0) is 47.7 Å². The molecule has 260 valence electrons. The molecule has 45 heavy (non-hydrogen) atoms. The summed E-state index contributed by atoms with van der Waals surface area (Å²) in [5.41, 5.74) is 0. The molecular formula is C33H56O12. The van der Waals surface area contributed by atoms with E-state index in [-0.39, 0.29) is 6.42 Å². The first-order valence-electron chi connectivity index (χ1n) is 16.3. The first kappa shape index (κ1) is 42.0. The topological polar surface area (TPSA) is 172 Å². The van der Waals surface area contributed by atoms with Gasteiger partial charge in [0.15, 0.2) is 18.3 Å². The number of unbranched alkanes of at least 4 members (excludes halogenated alkanes) is 11. The van der Waals surface area contributed by atoms with Gasteiger partial charge in [-0.15, -0.1) is 0 Å². The van der Waals surface area contributed by atoms with Gasteiger partial charge in [0.2, 0.25) is 0 Å². The molecule has 0 spiro atoms. The molecule has 0 aromatic heterocycles. The highest BCUT2D eigenvalue weighted by Crippen LogP contribution is 2.11. The summed E-state index contributed by atoms with van der Waals surface area (Å²) in [6.07, 6.45) is 12.5. The first-order chi connectivity index (χ1) is 21.4. The van der Waals surface area contributed by atoms with E-state index in [4.69, 9.17) is 23.7 Å². The SMILES string of the molecule is CCCCCCCC/C=C/CCCCCCCC(=O)OCC(COC(=O)C(C)OC(=O)C(C)O)OC(=O)C(C)OC(=O)C(C)O. The number of esters is 5. The third kappa shape index (κ3) is 23.1. The quantitative estimate of drug-likeness (QED) is 0.0579. The standard InChI is InChI=1S/C33H56O12/c1-6-7-8-9-10-11-12-13-14-15-16-17-18-19-20-21-29(36)41-22-28(45-33(40)27(5)44-31(38)25(3)35)23-42-32(39)26(4)43-30(37)24(2)34/h13-14,24-28,34-35H,6-12,15-23H2,1-5H3/b14-13+. The van der Waals surface area contributed by atoms with Gasteiger partial charge in [0.1, 0.15) is 25.4 Å². The summed E-state index contributed by atoms with van der Waals surface area (Å²) in [7, 11) is 0. The second-order valence-electron chi connectivity index (χ2n) is 11.2. The van der Waals surface area contributed by atoms with Crippen LogP contribution >= 0.6 is 0 Å². The predicted molar refractivity (Wildman–Crippen MR) is 166 cm³/mol. The van der Waals surface area contributed by atoms with Crippen LogP contribution in [0.3, 0.4) is 0 Å². The fourth-order valence-electron chi connectivity index (χ4n) is 3.91. The summed E-state index contributed by atoms with van der Waals surface area (Å²) >= 11 is 0. The lowest BCUT2D eigenvalue weighted by Crippen LogP contribution is -2.38. The predicted octanol–water partition coefficient (Wildman–Crippen LogP) is 4.65. The molecule has 0 aliphatic heterocycles. The molecular weight excluding hydrogens is 588 g/mol. The molecule has 12 heteroatoms. The van der Waals surface area contributed by atoms with Crippen molar-refractivity contribution in [1.82, 2.24) is 0 Å². The third-order valence-electron chi connectivity index (χ3n) is 6.70. The van der Waals surface area contributed by atoms with Crippen molar-refractivity contribution in [2.45, 2.75) is 155 Å². The highest BCUT2D eigenvalue weighted by molar-refractivity contribution is 5.81. The van der Waals surface area contributed by atoms with Crippen LogP contribution in [0.15, 0.2) is 12.2 Å². The molecule has 0 aromatic carbocycles. The Morgan fingerprint density at radius 2 is 1.00 bits per heavy atom. The molecule has 0 aromatic rings. The molecule has 5 atom stereocenters. The van der Waals surface area contributed by atoms with E-state index < -0.39 is 73.6 Å². The first-order valence-corrected chi connectivity index (χ1v) is 16.3. The molecule has 2 N–H and O–H groups in total. The molecule has 12 nitrogen and oxygen atoms in total. The Bertz CT molecular complexity index is 883. The highest BCUT2D eigenvalue weighted by atomic mass is 16.6. The molecule has 0 radical (unpaired) electrons. The van der Waals surface area contributed by atoms with E-state index in [9.17, 15) is 34.2 Å². The van der Waals surface area contributed by atoms with Gasteiger partial charge in [-0.1, -0.05) is 70.4 Å². The average Bonchev–Trinajstić information content (AvgIpc) is 2.99. The molecule has 0 rings (SSSR count). The Balaban J connectivity index is 4.52. The highest BCUT2D eigenvalue weighted by Gasteiger charge is 2.28. The number of hydrogen-bond acceptors (Lipinski definition) is 12. The zero-order valence-electron chi connectivity index (χ0n) is 27.8. The monoisotopic (exact) mass is 644 g/mol. The third-order valence-corrected chi connectivity index (χ3v) is 6.70. The molecule has 0 aliphatic rings. The minimum absolute atomic E-state index is 0.160. The Morgan fingerprint density at radius 3 is 1.51 bits per heavy atom. The Kier molecular flexibility index (Phi) is 24.5. The van der Waals surface area contributed by atoms with Crippen LogP contribution in [0.5, 0.6) is 0 Å². The summed E-state index contributed by atoms with van der Waals surface area (Å²) in [5, 5.41) is 18.5. The zero-order valence-corrected chi connectivity index (χ0v) is 27.8. The van der Waals surface area contributed by atoms with Crippen molar-refractivity contribution >= 4 is 29.8 Å². The maximum absolute atomic E-state index is 12.4. The van der Waals surface area contributed by atoms with Gasteiger partial charge >= 0.3 is 29.8 Å². The molecule has 0 saturated heterocycles. The van der Waals surface area contributed by atoms with Crippen LogP contribution in [0.4, 0.5) is 0 Å². The van der Waals surface area contributed by atoms with Gasteiger partial charge in [0.05, 0.1) is 0 Å². The number of aliphatic hydroxyl groups is 2. The lowest BCUT2D eigenvalue weighted by Gasteiger charge is -2.21. The van der Waals surface area contributed by atoms with Gasteiger partial charge in [-0.2, -0.15) is 0 Å². The van der Waals surface area contributed by atoms with Gasteiger partial charge in [0.25, 0.3) is 0 Å². The number of rotatable bonds is 26. The Labute approximate surface area is 268 Å². The number of ether oxygens (including phenoxy) is 5. The lowest BCUT2D eigenvalue weighted by atomic mass is 10.1. The van der Waals surface area contributed by atoms with Gasteiger partial charge in [-0.25, -0.2) is 19.2 Å². The number of aliphatic hydroxyl groups excluding tert-OH is 2. The minimum atomic E-state index is -1.46. The smallest absolute Gasteiger partial charge is 0.347 e. The van der Waals surface area contributed by atoms with Gasteiger partial charge in [0, 0.05) is 6.42 Å². The van der Waals surface area contributed by atoms with Crippen LogP contribution in [-0.4, -0.2) is 83.8 Å². The van der Waals surface area contributed by atoms with E-state index in [1.807, 2.05) is 0 Å². The van der Waals surface area contributed by atoms with Gasteiger partial charge in [-0.3, -0.25) is 4.79 Å². The van der Waals surface area contributed by atoms with Crippen LogP contribution in [0.2, 0.25) is 0 Å².